The summed E-state index contributed by atoms with van der Waals surface area (Å²) in [6.45, 7) is 0.0345. The normalized spacial score (nSPS) is 11.3. The van der Waals surface area contributed by atoms with Gasteiger partial charge < -0.3 is 14.8 Å². The fourth-order valence-corrected chi connectivity index (χ4v) is 3.45. The Balaban J connectivity index is 1.65. The van der Waals surface area contributed by atoms with Crippen LogP contribution in [-0.2, 0) is 27.8 Å². The Labute approximate surface area is 156 Å². The minimum atomic E-state index is -3.75. The van der Waals surface area contributed by atoms with E-state index in [0.29, 0.717) is 11.4 Å². The van der Waals surface area contributed by atoms with Crippen LogP contribution in [0.3, 0.4) is 0 Å². The first-order valence-corrected chi connectivity index (χ1v) is 9.60. The first-order chi connectivity index (χ1) is 12.9. The van der Waals surface area contributed by atoms with Gasteiger partial charge in [-0.05, 0) is 48.0 Å². The third-order valence-corrected chi connectivity index (χ3v) is 5.14. The Hall–Kier alpha value is -3.10. The molecule has 8 heteroatoms. The van der Waals surface area contributed by atoms with Gasteiger partial charge in [0.15, 0.2) is 0 Å². The third-order valence-electron chi connectivity index (χ3n) is 3.75. The number of aromatic hydroxyl groups is 1. The lowest BCUT2D eigenvalue weighted by molar-refractivity contribution is -0.115. The number of phenolic OH excluding ortho intramolecular Hbond substituents is 1. The highest BCUT2D eigenvalue weighted by Gasteiger charge is 2.15. The summed E-state index contributed by atoms with van der Waals surface area (Å²) < 4.78 is 32.3. The van der Waals surface area contributed by atoms with E-state index in [1.54, 1.807) is 36.4 Å². The van der Waals surface area contributed by atoms with E-state index in [0.717, 1.165) is 5.56 Å². The lowest BCUT2D eigenvalue weighted by atomic mass is 10.1. The predicted molar refractivity (Wildman–Crippen MR) is 99.6 cm³/mol. The average molecular weight is 386 g/mol. The predicted octanol–water partition coefficient (Wildman–Crippen LogP) is 2.64. The van der Waals surface area contributed by atoms with Gasteiger partial charge >= 0.3 is 0 Å². The zero-order valence-corrected chi connectivity index (χ0v) is 15.1. The Morgan fingerprint density at radius 2 is 1.81 bits per heavy atom. The summed E-state index contributed by atoms with van der Waals surface area (Å²) in [5.41, 5.74) is 1.11. The van der Waals surface area contributed by atoms with Crippen LogP contribution in [-0.4, -0.2) is 19.4 Å². The Bertz CT molecular complexity index is 1010. The minimum absolute atomic E-state index is 0.0345. The van der Waals surface area contributed by atoms with Crippen molar-refractivity contribution in [2.24, 2.45) is 0 Å². The van der Waals surface area contributed by atoms with Crippen molar-refractivity contribution >= 4 is 21.6 Å². The fraction of sp³-hybridized carbons (Fsp3) is 0.105. The van der Waals surface area contributed by atoms with E-state index < -0.39 is 10.0 Å². The SMILES string of the molecule is O=C(Cc1ccc(O)cc1)Nc1cccc(S(=O)(=O)NCc2ccco2)c1. The van der Waals surface area contributed by atoms with Crippen molar-refractivity contribution in [1.82, 2.24) is 4.72 Å². The zero-order valence-electron chi connectivity index (χ0n) is 14.3. The van der Waals surface area contributed by atoms with Gasteiger partial charge in [0.2, 0.25) is 15.9 Å². The Morgan fingerprint density at radius 3 is 2.52 bits per heavy atom. The topological polar surface area (TPSA) is 109 Å². The van der Waals surface area contributed by atoms with Gasteiger partial charge in [-0.3, -0.25) is 4.79 Å². The maximum Gasteiger partial charge on any atom is 0.241 e. The number of nitrogens with one attached hydrogen (secondary N) is 2. The van der Waals surface area contributed by atoms with E-state index in [9.17, 15) is 18.3 Å². The van der Waals surface area contributed by atoms with Crippen LogP contribution in [0.1, 0.15) is 11.3 Å². The molecule has 2 aromatic carbocycles. The summed E-state index contributed by atoms with van der Waals surface area (Å²) in [6, 6.07) is 15.6. The number of benzene rings is 2. The number of hydrogen-bond donors (Lipinski definition) is 3. The third kappa shape index (κ3) is 5.19. The van der Waals surface area contributed by atoms with Crippen molar-refractivity contribution in [3.05, 3.63) is 78.3 Å². The maximum atomic E-state index is 12.4. The van der Waals surface area contributed by atoms with Gasteiger partial charge in [-0.2, -0.15) is 0 Å². The molecule has 1 amide bonds. The molecule has 0 spiro atoms. The molecule has 3 aromatic rings. The monoisotopic (exact) mass is 386 g/mol. The van der Waals surface area contributed by atoms with E-state index in [4.69, 9.17) is 4.42 Å². The molecule has 0 atom stereocenters. The van der Waals surface area contributed by atoms with Crippen molar-refractivity contribution in [3.8, 4) is 5.75 Å². The van der Waals surface area contributed by atoms with Crippen LogP contribution in [0.4, 0.5) is 5.69 Å². The van der Waals surface area contributed by atoms with Crippen molar-refractivity contribution in [1.29, 1.82) is 0 Å². The molecule has 1 heterocycles. The van der Waals surface area contributed by atoms with Crippen LogP contribution in [0.15, 0.2) is 76.2 Å². The molecular weight excluding hydrogens is 368 g/mol. The molecule has 1 aromatic heterocycles. The lowest BCUT2D eigenvalue weighted by Crippen LogP contribution is -2.23. The highest BCUT2D eigenvalue weighted by atomic mass is 32.2. The molecule has 7 nitrogen and oxygen atoms in total. The van der Waals surface area contributed by atoms with Gasteiger partial charge in [0, 0.05) is 5.69 Å². The van der Waals surface area contributed by atoms with Crippen molar-refractivity contribution in [2.45, 2.75) is 17.9 Å². The average Bonchev–Trinajstić information content (AvgIpc) is 3.16. The maximum absolute atomic E-state index is 12.4. The summed E-state index contributed by atoms with van der Waals surface area (Å²) in [5, 5.41) is 11.9. The van der Waals surface area contributed by atoms with Crippen LogP contribution in [0.2, 0.25) is 0 Å². The standard InChI is InChI=1S/C19H18N2O5S/c22-16-8-6-14(7-9-16)11-19(23)21-15-3-1-5-18(12-15)27(24,25)20-13-17-4-2-10-26-17/h1-10,12,20,22H,11,13H2,(H,21,23). The van der Waals surface area contributed by atoms with Gasteiger partial charge in [-0.15, -0.1) is 0 Å². The fourth-order valence-electron chi connectivity index (χ4n) is 2.41. The van der Waals surface area contributed by atoms with Gasteiger partial charge in [-0.25, -0.2) is 13.1 Å². The van der Waals surface area contributed by atoms with E-state index in [1.807, 2.05) is 0 Å². The molecule has 0 saturated heterocycles. The second-order valence-electron chi connectivity index (χ2n) is 5.82. The smallest absolute Gasteiger partial charge is 0.241 e. The van der Waals surface area contributed by atoms with Gasteiger partial charge in [0.05, 0.1) is 24.1 Å². The van der Waals surface area contributed by atoms with E-state index in [1.165, 1.54) is 30.5 Å². The van der Waals surface area contributed by atoms with E-state index >= 15 is 0 Å². The molecule has 0 unspecified atom stereocenters. The number of rotatable bonds is 7. The summed E-state index contributed by atoms with van der Waals surface area (Å²) in [5.74, 6) is 0.329. The summed E-state index contributed by atoms with van der Waals surface area (Å²) in [7, 11) is -3.75. The molecule has 0 aliphatic carbocycles. The Morgan fingerprint density at radius 1 is 1.04 bits per heavy atom. The zero-order chi connectivity index (χ0) is 19.3. The number of carbonyl (C=O) groups excluding carboxylic acids is 1. The first kappa shape index (κ1) is 18.7. The van der Waals surface area contributed by atoms with E-state index in [-0.39, 0.29) is 29.5 Å². The highest BCUT2D eigenvalue weighted by molar-refractivity contribution is 7.89. The summed E-state index contributed by atoms with van der Waals surface area (Å²) >= 11 is 0. The molecule has 0 aliphatic heterocycles. The van der Waals surface area contributed by atoms with Crippen LogP contribution in [0.5, 0.6) is 5.75 Å². The number of hydrogen-bond acceptors (Lipinski definition) is 5. The molecule has 0 radical (unpaired) electrons. The van der Waals surface area contributed by atoms with Gasteiger partial charge in [0.1, 0.15) is 11.5 Å². The second-order valence-corrected chi connectivity index (χ2v) is 7.59. The minimum Gasteiger partial charge on any atom is -0.508 e. The van der Waals surface area contributed by atoms with Crippen LogP contribution >= 0.6 is 0 Å². The largest absolute Gasteiger partial charge is 0.508 e. The first-order valence-electron chi connectivity index (χ1n) is 8.12. The van der Waals surface area contributed by atoms with Crippen molar-refractivity contribution in [3.63, 3.8) is 0 Å². The molecule has 27 heavy (non-hydrogen) atoms. The summed E-state index contributed by atoms with van der Waals surface area (Å²) in [6.07, 6.45) is 1.57. The quantitative estimate of drug-likeness (QED) is 0.578. The molecule has 0 bridgehead atoms. The highest BCUT2D eigenvalue weighted by Crippen LogP contribution is 2.17. The Kier molecular flexibility index (Phi) is 5.58. The van der Waals surface area contributed by atoms with Gasteiger partial charge in [0.25, 0.3) is 0 Å². The van der Waals surface area contributed by atoms with E-state index in [2.05, 4.69) is 10.0 Å². The van der Waals surface area contributed by atoms with Crippen LogP contribution < -0.4 is 10.0 Å². The number of anilines is 1. The van der Waals surface area contributed by atoms with Crippen LogP contribution in [0, 0.1) is 0 Å². The second kappa shape index (κ2) is 8.07. The molecule has 3 rings (SSSR count). The lowest BCUT2D eigenvalue weighted by Gasteiger charge is -2.09. The molecular formula is C19H18N2O5S. The number of sulfonamides is 1. The molecule has 140 valence electrons. The van der Waals surface area contributed by atoms with Crippen LogP contribution in [0.25, 0.3) is 0 Å². The van der Waals surface area contributed by atoms with Crippen molar-refractivity contribution in [2.75, 3.05) is 5.32 Å². The molecule has 3 N–H and O–H groups in total. The molecule has 0 aliphatic rings. The number of amides is 1. The molecule has 0 saturated carbocycles. The molecule has 0 fully saturated rings. The number of phenols is 1. The van der Waals surface area contributed by atoms with Crippen molar-refractivity contribution < 1.29 is 22.7 Å². The number of carbonyl (C=O) groups is 1. The summed E-state index contributed by atoms with van der Waals surface area (Å²) in [4.78, 5) is 12.2. The number of furan rings is 1. The van der Waals surface area contributed by atoms with Gasteiger partial charge in [-0.1, -0.05) is 18.2 Å².